The van der Waals surface area contributed by atoms with Gasteiger partial charge < -0.3 is 9.64 Å². The Morgan fingerprint density at radius 2 is 2.38 bits per heavy atom. The summed E-state index contributed by atoms with van der Waals surface area (Å²) in [5.74, 6) is 0.518. The number of carbonyl (C=O) groups is 1. The summed E-state index contributed by atoms with van der Waals surface area (Å²) in [7, 11) is 0. The number of hydrogen-bond donors (Lipinski definition) is 1. The molecule has 1 fully saturated rings. The molecular formula is C11H17N3O2. The summed E-state index contributed by atoms with van der Waals surface area (Å²) in [6.07, 6.45) is 5.58. The van der Waals surface area contributed by atoms with Gasteiger partial charge in [0.1, 0.15) is 0 Å². The summed E-state index contributed by atoms with van der Waals surface area (Å²) in [5.41, 5.74) is 1.24. The van der Waals surface area contributed by atoms with E-state index >= 15 is 0 Å². The SMILES string of the molecule is CCOC(=O)N1CCC(c2cn[nH]c2)CC1. The Labute approximate surface area is 94.8 Å². The first-order chi connectivity index (χ1) is 7.81. The molecule has 0 saturated carbocycles. The molecule has 1 N–H and O–H groups in total. The fourth-order valence-electron chi connectivity index (χ4n) is 2.09. The average molecular weight is 223 g/mol. The van der Waals surface area contributed by atoms with Gasteiger partial charge in [-0.05, 0) is 31.2 Å². The number of aromatic amines is 1. The number of amides is 1. The van der Waals surface area contributed by atoms with E-state index in [1.807, 2.05) is 19.3 Å². The van der Waals surface area contributed by atoms with Crippen LogP contribution in [0, 0.1) is 0 Å². The van der Waals surface area contributed by atoms with Crippen LogP contribution in [0.1, 0.15) is 31.2 Å². The van der Waals surface area contributed by atoms with Crippen molar-refractivity contribution in [3.8, 4) is 0 Å². The monoisotopic (exact) mass is 223 g/mol. The Balaban J connectivity index is 1.85. The predicted octanol–water partition coefficient (Wildman–Crippen LogP) is 1.75. The van der Waals surface area contributed by atoms with Gasteiger partial charge in [0.05, 0.1) is 12.8 Å². The van der Waals surface area contributed by atoms with E-state index in [0.29, 0.717) is 12.5 Å². The van der Waals surface area contributed by atoms with Crippen LogP contribution in [0.4, 0.5) is 4.79 Å². The minimum atomic E-state index is -0.187. The minimum absolute atomic E-state index is 0.187. The van der Waals surface area contributed by atoms with Gasteiger partial charge in [0.25, 0.3) is 0 Å². The molecule has 0 radical (unpaired) electrons. The molecular weight excluding hydrogens is 206 g/mol. The molecule has 1 aromatic rings. The lowest BCUT2D eigenvalue weighted by molar-refractivity contribution is 0.0971. The molecule has 1 aliphatic rings. The highest BCUT2D eigenvalue weighted by Crippen LogP contribution is 2.27. The van der Waals surface area contributed by atoms with Gasteiger partial charge in [-0.3, -0.25) is 5.10 Å². The third kappa shape index (κ3) is 2.35. The first-order valence-electron chi connectivity index (χ1n) is 5.71. The molecule has 0 aliphatic carbocycles. The molecule has 5 nitrogen and oxygen atoms in total. The number of nitrogens with one attached hydrogen (secondary N) is 1. The fraction of sp³-hybridized carbons (Fsp3) is 0.636. The maximum absolute atomic E-state index is 11.5. The number of ether oxygens (including phenoxy) is 1. The zero-order valence-corrected chi connectivity index (χ0v) is 9.48. The van der Waals surface area contributed by atoms with Crippen LogP contribution < -0.4 is 0 Å². The summed E-state index contributed by atoms with van der Waals surface area (Å²) >= 11 is 0. The molecule has 5 heteroatoms. The van der Waals surface area contributed by atoms with Crippen molar-refractivity contribution in [3.05, 3.63) is 18.0 Å². The Bertz CT molecular complexity index is 329. The van der Waals surface area contributed by atoms with Crippen LogP contribution in [0.2, 0.25) is 0 Å². The number of rotatable bonds is 2. The lowest BCUT2D eigenvalue weighted by atomic mass is 9.92. The van der Waals surface area contributed by atoms with E-state index in [4.69, 9.17) is 4.74 Å². The molecule has 0 spiro atoms. The Kier molecular flexibility index (Phi) is 3.44. The van der Waals surface area contributed by atoms with Crippen molar-refractivity contribution >= 4 is 6.09 Å². The van der Waals surface area contributed by atoms with Crippen LogP contribution in [0.3, 0.4) is 0 Å². The van der Waals surface area contributed by atoms with Gasteiger partial charge in [-0.2, -0.15) is 5.10 Å². The summed E-state index contributed by atoms with van der Waals surface area (Å²) in [4.78, 5) is 13.3. The largest absolute Gasteiger partial charge is 0.450 e. The molecule has 1 amide bonds. The van der Waals surface area contributed by atoms with Crippen molar-refractivity contribution in [3.63, 3.8) is 0 Å². The van der Waals surface area contributed by atoms with E-state index in [0.717, 1.165) is 25.9 Å². The van der Waals surface area contributed by atoms with E-state index in [1.165, 1.54) is 5.56 Å². The number of H-pyrrole nitrogens is 1. The summed E-state index contributed by atoms with van der Waals surface area (Å²) < 4.78 is 4.98. The normalized spacial score (nSPS) is 17.4. The third-order valence-electron chi connectivity index (χ3n) is 3.01. The van der Waals surface area contributed by atoms with E-state index < -0.39 is 0 Å². The van der Waals surface area contributed by atoms with Crippen LogP contribution in [0.15, 0.2) is 12.4 Å². The molecule has 0 aromatic carbocycles. The highest BCUT2D eigenvalue weighted by Gasteiger charge is 2.24. The standard InChI is InChI=1S/C11H17N3O2/c1-2-16-11(15)14-5-3-9(4-6-14)10-7-12-13-8-10/h7-9H,2-6H2,1H3,(H,12,13). The van der Waals surface area contributed by atoms with E-state index in [-0.39, 0.29) is 6.09 Å². The molecule has 0 unspecified atom stereocenters. The molecule has 1 aliphatic heterocycles. The van der Waals surface area contributed by atoms with Crippen LogP contribution in [-0.4, -0.2) is 40.9 Å². The number of aromatic nitrogens is 2. The van der Waals surface area contributed by atoms with Crippen LogP contribution in [0.5, 0.6) is 0 Å². The summed E-state index contributed by atoms with van der Waals surface area (Å²) in [5, 5.41) is 6.78. The Morgan fingerprint density at radius 3 is 2.94 bits per heavy atom. The van der Waals surface area contributed by atoms with Crippen LogP contribution in [-0.2, 0) is 4.74 Å². The number of likely N-dealkylation sites (tertiary alicyclic amines) is 1. The Hall–Kier alpha value is -1.52. The predicted molar refractivity (Wildman–Crippen MR) is 59.2 cm³/mol. The van der Waals surface area contributed by atoms with Gasteiger partial charge in [-0.15, -0.1) is 0 Å². The van der Waals surface area contributed by atoms with Gasteiger partial charge in [0.2, 0.25) is 0 Å². The third-order valence-corrected chi connectivity index (χ3v) is 3.01. The molecule has 2 heterocycles. The highest BCUT2D eigenvalue weighted by atomic mass is 16.6. The van der Waals surface area contributed by atoms with Crippen LogP contribution >= 0.6 is 0 Å². The van der Waals surface area contributed by atoms with Gasteiger partial charge in [-0.25, -0.2) is 4.79 Å². The second-order valence-corrected chi connectivity index (χ2v) is 3.99. The van der Waals surface area contributed by atoms with E-state index in [9.17, 15) is 4.79 Å². The first kappa shape index (κ1) is 11.0. The fourth-order valence-corrected chi connectivity index (χ4v) is 2.09. The zero-order valence-electron chi connectivity index (χ0n) is 9.48. The quantitative estimate of drug-likeness (QED) is 0.830. The summed E-state index contributed by atoms with van der Waals surface area (Å²) in [6.45, 7) is 3.82. The molecule has 1 aromatic heterocycles. The van der Waals surface area contributed by atoms with Gasteiger partial charge >= 0.3 is 6.09 Å². The lowest BCUT2D eigenvalue weighted by Crippen LogP contribution is -2.38. The van der Waals surface area contributed by atoms with Crippen molar-refractivity contribution in [2.75, 3.05) is 19.7 Å². The topological polar surface area (TPSA) is 58.2 Å². The van der Waals surface area contributed by atoms with Crippen molar-refractivity contribution in [1.82, 2.24) is 15.1 Å². The Morgan fingerprint density at radius 1 is 1.62 bits per heavy atom. The van der Waals surface area contributed by atoms with Crippen LogP contribution in [0.25, 0.3) is 0 Å². The second kappa shape index (κ2) is 5.01. The van der Waals surface area contributed by atoms with Crippen molar-refractivity contribution < 1.29 is 9.53 Å². The van der Waals surface area contributed by atoms with Crippen molar-refractivity contribution in [1.29, 1.82) is 0 Å². The van der Waals surface area contributed by atoms with E-state index in [2.05, 4.69) is 10.2 Å². The maximum atomic E-state index is 11.5. The summed E-state index contributed by atoms with van der Waals surface area (Å²) in [6, 6.07) is 0. The molecule has 0 bridgehead atoms. The zero-order chi connectivity index (χ0) is 11.4. The molecule has 2 rings (SSSR count). The minimum Gasteiger partial charge on any atom is -0.450 e. The molecule has 88 valence electrons. The number of piperidine rings is 1. The van der Waals surface area contributed by atoms with Gasteiger partial charge in [0, 0.05) is 19.3 Å². The smallest absolute Gasteiger partial charge is 0.409 e. The second-order valence-electron chi connectivity index (χ2n) is 3.99. The molecule has 0 atom stereocenters. The number of carbonyl (C=O) groups excluding carboxylic acids is 1. The van der Waals surface area contributed by atoms with Crippen molar-refractivity contribution in [2.24, 2.45) is 0 Å². The van der Waals surface area contributed by atoms with Gasteiger partial charge in [0.15, 0.2) is 0 Å². The van der Waals surface area contributed by atoms with E-state index in [1.54, 1.807) is 4.90 Å². The lowest BCUT2D eigenvalue weighted by Gasteiger charge is -2.30. The van der Waals surface area contributed by atoms with Crippen molar-refractivity contribution in [2.45, 2.75) is 25.7 Å². The average Bonchev–Trinajstić information content (AvgIpc) is 2.83. The van der Waals surface area contributed by atoms with Gasteiger partial charge in [-0.1, -0.05) is 0 Å². The number of nitrogens with zero attached hydrogens (tertiary/aromatic N) is 2. The number of hydrogen-bond acceptors (Lipinski definition) is 3. The molecule has 16 heavy (non-hydrogen) atoms. The molecule has 1 saturated heterocycles. The maximum Gasteiger partial charge on any atom is 0.409 e. The first-order valence-corrected chi connectivity index (χ1v) is 5.71. The highest BCUT2D eigenvalue weighted by molar-refractivity contribution is 5.67.